The van der Waals surface area contributed by atoms with Gasteiger partial charge in [-0.25, -0.2) is 0 Å². The second kappa shape index (κ2) is 6.13. The first-order valence-electron chi connectivity index (χ1n) is 5.06. The predicted octanol–water partition coefficient (Wildman–Crippen LogP) is 2.05. The number of carbonyl (C=O) groups is 1. The van der Waals surface area contributed by atoms with Crippen LogP contribution < -0.4 is 10.6 Å². The van der Waals surface area contributed by atoms with E-state index in [1.807, 2.05) is 13.8 Å². The Kier molecular flexibility index (Phi) is 5.12. The fourth-order valence-electron chi connectivity index (χ4n) is 1.16. The van der Waals surface area contributed by atoms with Crippen LogP contribution in [0.2, 0.25) is 10.2 Å². The standard InChI is InChI=1S/C10H15Cl2N3O/c1-6(2)13-3-4-14-10(16)8-5-7(11)9(12)15-8/h5-6,13,15H,3-4H2,1-2H3,(H,14,16). The lowest BCUT2D eigenvalue weighted by atomic mass is 10.4. The number of hydrogen-bond acceptors (Lipinski definition) is 2. The highest BCUT2D eigenvalue weighted by atomic mass is 35.5. The molecule has 0 spiro atoms. The molecule has 0 saturated heterocycles. The summed E-state index contributed by atoms with van der Waals surface area (Å²) in [5, 5.41) is 6.57. The van der Waals surface area contributed by atoms with Crippen molar-refractivity contribution in [3.05, 3.63) is 21.9 Å². The van der Waals surface area contributed by atoms with E-state index in [0.29, 0.717) is 23.3 Å². The third-order valence-electron chi connectivity index (χ3n) is 1.93. The van der Waals surface area contributed by atoms with Crippen LogP contribution in [0.25, 0.3) is 0 Å². The van der Waals surface area contributed by atoms with Crippen LogP contribution >= 0.6 is 23.2 Å². The third-order valence-corrected chi connectivity index (χ3v) is 2.63. The zero-order valence-corrected chi connectivity index (χ0v) is 10.7. The summed E-state index contributed by atoms with van der Waals surface area (Å²) in [6, 6.07) is 1.92. The van der Waals surface area contributed by atoms with Crippen molar-refractivity contribution < 1.29 is 4.79 Å². The van der Waals surface area contributed by atoms with Gasteiger partial charge in [0.2, 0.25) is 0 Å². The molecule has 0 fully saturated rings. The van der Waals surface area contributed by atoms with E-state index in [2.05, 4.69) is 15.6 Å². The minimum atomic E-state index is -0.209. The molecule has 1 aromatic rings. The molecule has 0 aliphatic carbocycles. The Morgan fingerprint density at radius 1 is 1.44 bits per heavy atom. The fourth-order valence-corrected chi connectivity index (χ4v) is 1.47. The van der Waals surface area contributed by atoms with Crippen molar-refractivity contribution in [3.8, 4) is 0 Å². The summed E-state index contributed by atoms with van der Waals surface area (Å²) < 4.78 is 0. The average Bonchev–Trinajstić information content (AvgIpc) is 2.54. The van der Waals surface area contributed by atoms with Gasteiger partial charge in [0.25, 0.3) is 5.91 Å². The van der Waals surface area contributed by atoms with Crippen molar-refractivity contribution in [1.82, 2.24) is 15.6 Å². The monoisotopic (exact) mass is 263 g/mol. The van der Waals surface area contributed by atoms with Crippen LogP contribution in [0.1, 0.15) is 24.3 Å². The Labute approximate surface area is 105 Å². The Morgan fingerprint density at radius 2 is 2.12 bits per heavy atom. The van der Waals surface area contributed by atoms with Crippen LogP contribution in [0.3, 0.4) is 0 Å². The Bertz CT molecular complexity index is 343. The number of amides is 1. The van der Waals surface area contributed by atoms with Crippen LogP contribution in [0.5, 0.6) is 0 Å². The number of H-pyrrole nitrogens is 1. The van der Waals surface area contributed by atoms with E-state index in [1.165, 1.54) is 6.07 Å². The molecule has 90 valence electrons. The van der Waals surface area contributed by atoms with Gasteiger partial charge < -0.3 is 15.6 Å². The lowest BCUT2D eigenvalue weighted by Gasteiger charge is -2.08. The van der Waals surface area contributed by atoms with Gasteiger partial charge in [-0.2, -0.15) is 0 Å². The first kappa shape index (κ1) is 13.4. The first-order valence-corrected chi connectivity index (χ1v) is 5.82. The number of nitrogens with one attached hydrogen (secondary N) is 3. The number of halogens is 2. The maximum absolute atomic E-state index is 11.6. The van der Waals surface area contributed by atoms with Gasteiger partial charge in [-0.1, -0.05) is 37.0 Å². The molecule has 0 unspecified atom stereocenters. The van der Waals surface area contributed by atoms with Gasteiger partial charge in [-0.15, -0.1) is 0 Å². The van der Waals surface area contributed by atoms with Gasteiger partial charge in [-0.3, -0.25) is 4.79 Å². The number of aromatic amines is 1. The van der Waals surface area contributed by atoms with Gasteiger partial charge >= 0.3 is 0 Å². The second-order valence-electron chi connectivity index (χ2n) is 3.71. The third kappa shape index (κ3) is 4.04. The minimum absolute atomic E-state index is 0.209. The normalized spacial score (nSPS) is 10.8. The van der Waals surface area contributed by atoms with Crippen molar-refractivity contribution in [2.45, 2.75) is 19.9 Å². The molecule has 0 aliphatic heterocycles. The van der Waals surface area contributed by atoms with E-state index < -0.39 is 0 Å². The zero-order valence-electron chi connectivity index (χ0n) is 9.23. The fraction of sp³-hybridized carbons (Fsp3) is 0.500. The van der Waals surface area contributed by atoms with Gasteiger partial charge in [0, 0.05) is 19.1 Å². The van der Waals surface area contributed by atoms with Crippen molar-refractivity contribution in [2.75, 3.05) is 13.1 Å². The van der Waals surface area contributed by atoms with E-state index in [4.69, 9.17) is 23.2 Å². The quantitative estimate of drug-likeness (QED) is 0.713. The van der Waals surface area contributed by atoms with Crippen LogP contribution in [0.15, 0.2) is 6.07 Å². The van der Waals surface area contributed by atoms with E-state index in [9.17, 15) is 4.79 Å². The summed E-state index contributed by atoms with van der Waals surface area (Å²) in [5.41, 5.74) is 0.375. The van der Waals surface area contributed by atoms with E-state index in [-0.39, 0.29) is 11.1 Å². The molecular weight excluding hydrogens is 249 g/mol. The molecule has 4 nitrogen and oxygen atoms in total. The number of carbonyl (C=O) groups excluding carboxylic acids is 1. The summed E-state index contributed by atoms with van der Waals surface area (Å²) >= 11 is 11.4. The molecule has 0 radical (unpaired) electrons. The maximum atomic E-state index is 11.6. The molecule has 16 heavy (non-hydrogen) atoms. The predicted molar refractivity (Wildman–Crippen MR) is 66.3 cm³/mol. The van der Waals surface area contributed by atoms with E-state index in [1.54, 1.807) is 0 Å². The van der Waals surface area contributed by atoms with E-state index >= 15 is 0 Å². The maximum Gasteiger partial charge on any atom is 0.267 e. The van der Waals surface area contributed by atoms with Gasteiger partial charge in [0.15, 0.2) is 0 Å². The van der Waals surface area contributed by atoms with Crippen molar-refractivity contribution in [2.24, 2.45) is 0 Å². The Hall–Kier alpha value is -0.710. The lowest BCUT2D eigenvalue weighted by molar-refractivity contribution is 0.0949. The second-order valence-corrected chi connectivity index (χ2v) is 4.49. The molecule has 0 aromatic carbocycles. The summed E-state index contributed by atoms with van der Waals surface area (Å²) in [4.78, 5) is 14.3. The molecule has 1 amide bonds. The highest BCUT2D eigenvalue weighted by Crippen LogP contribution is 2.21. The molecule has 3 N–H and O–H groups in total. The minimum Gasteiger partial charge on any atom is -0.349 e. The number of rotatable bonds is 5. The number of hydrogen-bond donors (Lipinski definition) is 3. The highest BCUT2D eigenvalue weighted by Gasteiger charge is 2.10. The molecule has 0 saturated carbocycles. The molecule has 0 atom stereocenters. The topological polar surface area (TPSA) is 56.9 Å². The Morgan fingerprint density at radius 3 is 2.62 bits per heavy atom. The van der Waals surface area contributed by atoms with Crippen LogP contribution in [0, 0.1) is 0 Å². The van der Waals surface area contributed by atoms with Crippen molar-refractivity contribution in [1.29, 1.82) is 0 Å². The van der Waals surface area contributed by atoms with Crippen molar-refractivity contribution in [3.63, 3.8) is 0 Å². The van der Waals surface area contributed by atoms with Gasteiger partial charge in [0.05, 0.1) is 5.02 Å². The molecule has 6 heteroatoms. The van der Waals surface area contributed by atoms with Crippen LogP contribution in [-0.4, -0.2) is 30.0 Å². The lowest BCUT2D eigenvalue weighted by Crippen LogP contribution is -2.34. The molecule has 1 heterocycles. The van der Waals surface area contributed by atoms with Gasteiger partial charge in [0.1, 0.15) is 10.8 Å². The molecule has 0 aliphatic rings. The smallest absolute Gasteiger partial charge is 0.267 e. The molecule has 1 aromatic heterocycles. The highest BCUT2D eigenvalue weighted by molar-refractivity contribution is 6.41. The SMILES string of the molecule is CC(C)NCCNC(=O)c1cc(Cl)c(Cl)[nH]1. The first-order chi connectivity index (χ1) is 7.50. The average molecular weight is 264 g/mol. The number of aromatic nitrogens is 1. The summed E-state index contributed by atoms with van der Waals surface area (Å²) in [6.45, 7) is 5.38. The summed E-state index contributed by atoms with van der Waals surface area (Å²) in [7, 11) is 0. The molecule has 0 bridgehead atoms. The summed E-state index contributed by atoms with van der Waals surface area (Å²) in [6.07, 6.45) is 0. The van der Waals surface area contributed by atoms with Crippen LogP contribution in [0.4, 0.5) is 0 Å². The molecular formula is C10H15Cl2N3O. The Balaban J connectivity index is 2.35. The summed E-state index contributed by atoms with van der Waals surface area (Å²) in [5.74, 6) is -0.209. The zero-order chi connectivity index (χ0) is 12.1. The van der Waals surface area contributed by atoms with Crippen LogP contribution in [-0.2, 0) is 0 Å². The van der Waals surface area contributed by atoms with Crippen molar-refractivity contribution >= 4 is 29.1 Å². The van der Waals surface area contributed by atoms with E-state index in [0.717, 1.165) is 6.54 Å². The molecule has 1 rings (SSSR count). The van der Waals surface area contributed by atoms with Gasteiger partial charge in [-0.05, 0) is 6.07 Å². The largest absolute Gasteiger partial charge is 0.349 e.